The Balaban J connectivity index is 1.42. The molecule has 1 aromatic carbocycles. The molecule has 1 saturated carbocycles. The Labute approximate surface area is 200 Å². The van der Waals surface area contributed by atoms with Crippen LogP contribution in [0.15, 0.2) is 36.7 Å². The number of pyridine rings is 1. The Morgan fingerprint density at radius 1 is 1.09 bits per heavy atom. The first-order chi connectivity index (χ1) is 17.0. The fraction of sp³-hybridized carbons (Fsp3) is 0.385. The molecular formula is C26H24F3N5O. The first-order valence-electron chi connectivity index (χ1n) is 11.9. The monoisotopic (exact) mass is 479 g/mol. The zero-order valence-corrected chi connectivity index (χ0v) is 19.2. The van der Waals surface area contributed by atoms with Crippen LogP contribution in [0.25, 0.3) is 22.3 Å². The topological polar surface area (TPSA) is 65.7 Å². The molecule has 2 fully saturated rings. The largest absolute Gasteiger partial charge is 0.373 e. The van der Waals surface area contributed by atoms with Crippen LogP contribution in [0.5, 0.6) is 0 Å². The summed E-state index contributed by atoms with van der Waals surface area (Å²) in [6.45, 7) is 1.45. The number of hydrogen-bond donors (Lipinski definition) is 0. The lowest BCUT2D eigenvalue weighted by molar-refractivity contribution is 0.00462. The number of alkyl halides is 1. The minimum absolute atomic E-state index is 0.0349. The number of fused-ring (bicyclic) bond motifs is 1. The summed E-state index contributed by atoms with van der Waals surface area (Å²) in [6.07, 6.45) is 7.55. The molecule has 2 unspecified atom stereocenters. The lowest BCUT2D eigenvalue weighted by atomic mass is 9.89. The molecule has 1 aliphatic carbocycles. The van der Waals surface area contributed by atoms with Crippen molar-refractivity contribution < 1.29 is 17.9 Å². The number of nitrogens with zero attached hydrogens (tertiary/aromatic N) is 5. The number of hydrogen-bond acceptors (Lipinski definition) is 5. The zero-order chi connectivity index (χ0) is 24.1. The summed E-state index contributed by atoms with van der Waals surface area (Å²) >= 11 is 0. The van der Waals surface area contributed by atoms with Crippen LogP contribution < -0.4 is 0 Å². The number of aromatic nitrogens is 5. The van der Waals surface area contributed by atoms with Gasteiger partial charge in [0, 0.05) is 41.6 Å². The van der Waals surface area contributed by atoms with Crippen LogP contribution in [-0.4, -0.2) is 31.3 Å². The van der Waals surface area contributed by atoms with Gasteiger partial charge in [-0.1, -0.05) is 0 Å². The highest BCUT2D eigenvalue weighted by atomic mass is 19.1. The summed E-state index contributed by atoms with van der Waals surface area (Å²) in [5.41, 5.74) is 3.57. The van der Waals surface area contributed by atoms with Crippen molar-refractivity contribution in [2.75, 3.05) is 6.61 Å². The van der Waals surface area contributed by atoms with Crippen molar-refractivity contribution in [1.82, 2.24) is 24.7 Å². The lowest BCUT2D eigenvalue weighted by Gasteiger charge is -2.29. The van der Waals surface area contributed by atoms with Crippen LogP contribution in [0, 0.1) is 18.6 Å². The number of benzene rings is 1. The van der Waals surface area contributed by atoms with E-state index in [-0.39, 0.29) is 29.0 Å². The van der Waals surface area contributed by atoms with Gasteiger partial charge in [-0.15, -0.1) is 0 Å². The van der Waals surface area contributed by atoms with Gasteiger partial charge in [0.1, 0.15) is 29.5 Å². The van der Waals surface area contributed by atoms with Gasteiger partial charge in [0.05, 0.1) is 35.2 Å². The Morgan fingerprint density at radius 2 is 1.94 bits per heavy atom. The second-order valence-corrected chi connectivity index (χ2v) is 9.34. The van der Waals surface area contributed by atoms with Gasteiger partial charge in [0.15, 0.2) is 0 Å². The average Bonchev–Trinajstić information content (AvgIpc) is 3.59. The minimum Gasteiger partial charge on any atom is -0.373 e. The van der Waals surface area contributed by atoms with E-state index in [2.05, 4.69) is 21.3 Å². The third-order valence-electron chi connectivity index (χ3n) is 6.87. The van der Waals surface area contributed by atoms with Crippen molar-refractivity contribution in [3.05, 3.63) is 70.9 Å². The first kappa shape index (κ1) is 22.2. The summed E-state index contributed by atoms with van der Waals surface area (Å²) < 4.78 is 50.1. The maximum Gasteiger partial charge on any atom is 0.135 e. The fourth-order valence-corrected chi connectivity index (χ4v) is 4.76. The Kier molecular flexibility index (Phi) is 5.51. The SMILES string of the molecule is Cc1nc2cc(C3CCOC(c4cnn(C5CC5)c4)C3)nc(-c3ccc(F)cc3F)c2nc1CF. The van der Waals surface area contributed by atoms with Crippen LogP contribution in [0.3, 0.4) is 0 Å². The van der Waals surface area contributed by atoms with Gasteiger partial charge in [0.2, 0.25) is 0 Å². The van der Waals surface area contributed by atoms with E-state index in [1.807, 2.05) is 16.9 Å². The molecule has 0 N–H and O–H groups in total. The van der Waals surface area contributed by atoms with Gasteiger partial charge in [-0.25, -0.2) is 28.1 Å². The summed E-state index contributed by atoms with van der Waals surface area (Å²) in [5, 5.41) is 4.49. The first-order valence-corrected chi connectivity index (χ1v) is 11.9. The summed E-state index contributed by atoms with van der Waals surface area (Å²) in [5.74, 6) is -1.40. The Morgan fingerprint density at radius 3 is 2.71 bits per heavy atom. The van der Waals surface area contributed by atoms with E-state index in [0.29, 0.717) is 35.8 Å². The highest BCUT2D eigenvalue weighted by Crippen LogP contribution is 2.40. The maximum absolute atomic E-state index is 14.8. The normalized spacial score (nSPS) is 20.5. The van der Waals surface area contributed by atoms with Gasteiger partial charge in [-0.3, -0.25) is 4.68 Å². The van der Waals surface area contributed by atoms with Crippen molar-refractivity contribution in [2.45, 2.75) is 57.3 Å². The molecule has 0 radical (unpaired) electrons. The predicted molar refractivity (Wildman–Crippen MR) is 123 cm³/mol. The van der Waals surface area contributed by atoms with Crippen molar-refractivity contribution in [3.63, 3.8) is 0 Å². The van der Waals surface area contributed by atoms with Crippen molar-refractivity contribution >= 4 is 11.0 Å². The molecule has 0 amide bonds. The summed E-state index contributed by atoms with van der Waals surface area (Å²) in [7, 11) is 0. The van der Waals surface area contributed by atoms with Crippen molar-refractivity contribution in [1.29, 1.82) is 0 Å². The molecule has 2 atom stereocenters. The molecule has 4 heterocycles. The zero-order valence-electron chi connectivity index (χ0n) is 19.2. The summed E-state index contributed by atoms with van der Waals surface area (Å²) in [6, 6.07) is 5.68. The predicted octanol–water partition coefficient (Wildman–Crippen LogP) is 5.91. The second-order valence-electron chi connectivity index (χ2n) is 9.34. The molecule has 1 aliphatic heterocycles. The molecule has 9 heteroatoms. The van der Waals surface area contributed by atoms with E-state index in [4.69, 9.17) is 9.72 Å². The number of rotatable bonds is 5. The molecule has 3 aromatic heterocycles. The van der Waals surface area contributed by atoms with Gasteiger partial charge in [-0.2, -0.15) is 5.10 Å². The van der Waals surface area contributed by atoms with E-state index in [0.717, 1.165) is 36.6 Å². The van der Waals surface area contributed by atoms with Gasteiger partial charge in [0.25, 0.3) is 0 Å². The Hall–Kier alpha value is -3.33. The number of ether oxygens (including phenoxy) is 1. The number of aryl methyl sites for hydroxylation is 1. The second kappa shape index (κ2) is 8.71. The van der Waals surface area contributed by atoms with Crippen LogP contribution in [0.2, 0.25) is 0 Å². The molecule has 0 spiro atoms. The lowest BCUT2D eigenvalue weighted by Crippen LogP contribution is -2.19. The van der Waals surface area contributed by atoms with E-state index < -0.39 is 18.3 Å². The van der Waals surface area contributed by atoms with Crippen LogP contribution in [0.1, 0.15) is 66.4 Å². The molecule has 4 aromatic rings. The molecule has 2 aliphatic rings. The molecule has 180 valence electrons. The maximum atomic E-state index is 14.8. The van der Waals surface area contributed by atoms with Gasteiger partial charge in [-0.05, 0) is 50.8 Å². The smallest absolute Gasteiger partial charge is 0.135 e. The quantitative estimate of drug-likeness (QED) is 0.356. The van der Waals surface area contributed by atoms with Crippen molar-refractivity contribution in [3.8, 4) is 11.3 Å². The van der Waals surface area contributed by atoms with Crippen LogP contribution in [-0.2, 0) is 11.4 Å². The molecule has 0 bridgehead atoms. The molecule has 35 heavy (non-hydrogen) atoms. The van der Waals surface area contributed by atoms with Crippen molar-refractivity contribution in [2.24, 2.45) is 0 Å². The highest BCUT2D eigenvalue weighted by molar-refractivity contribution is 5.89. The minimum atomic E-state index is -0.794. The highest BCUT2D eigenvalue weighted by Gasteiger charge is 2.30. The number of halogens is 3. The Bertz CT molecular complexity index is 1420. The van der Waals surface area contributed by atoms with Gasteiger partial charge >= 0.3 is 0 Å². The van der Waals surface area contributed by atoms with E-state index in [1.54, 1.807) is 6.92 Å². The molecule has 1 saturated heterocycles. The van der Waals surface area contributed by atoms with Crippen LogP contribution in [0.4, 0.5) is 13.2 Å². The molecule has 6 nitrogen and oxygen atoms in total. The third-order valence-corrected chi connectivity index (χ3v) is 6.87. The fourth-order valence-electron chi connectivity index (χ4n) is 4.76. The van der Waals surface area contributed by atoms with E-state index in [1.165, 1.54) is 12.1 Å². The van der Waals surface area contributed by atoms with E-state index in [9.17, 15) is 13.2 Å². The standard InChI is InChI=1S/C26H24F3N5O/c1-14-23(11-27)33-26-22(31-14)10-21(32-25(26)19-5-2-17(28)9-20(19)29)15-6-7-35-24(8-15)16-12-30-34(13-16)18-3-4-18/h2,5,9-10,12-13,15,18,24H,3-4,6-8,11H2,1H3. The molecular weight excluding hydrogens is 455 g/mol. The van der Waals surface area contributed by atoms with Gasteiger partial charge < -0.3 is 4.74 Å². The van der Waals surface area contributed by atoms with E-state index >= 15 is 0 Å². The van der Waals surface area contributed by atoms with Crippen LogP contribution >= 0.6 is 0 Å². The molecule has 6 rings (SSSR count). The average molecular weight is 480 g/mol. The third kappa shape index (κ3) is 4.18. The summed E-state index contributed by atoms with van der Waals surface area (Å²) in [4.78, 5) is 13.8.